The highest BCUT2D eigenvalue weighted by atomic mass is 79.9. The fourth-order valence-electron chi connectivity index (χ4n) is 1.52. The highest BCUT2D eigenvalue weighted by Gasteiger charge is 2.06. The van der Waals surface area contributed by atoms with Gasteiger partial charge in [-0.1, -0.05) is 48.0 Å². The molecule has 96 valence electrons. The molecule has 0 bridgehead atoms. The van der Waals surface area contributed by atoms with E-state index in [1.807, 2.05) is 30.3 Å². The van der Waals surface area contributed by atoms with Gasteiger partial charge in [0.05, 0.1) is 4.48 Å². The minimum atomic E-state index is -0.217. The lowest BCUT2D eigenvalue weighted by Gasteiger charge is -2.04. The number of nitrogens with one attached hydrogen (secondary N) is 1. The van der Waals surface area contributed by atoms with Crippen LogP contribution in [0.2, 0.25) is 5.02 Å². The van der Waals surface area contributed by atoms with Gasteiger partial charge >= 0.3 is 0 Å². The molecular weight excluding hydrogens is 326 g/mol. The van der Waals surface area contributed by atoms with E-state index >= 15 is 0 Å². The van der Waals surface area contributed by atoms with Gasteiger partial charge in [0.25, 0.3) is 5.91 Å². The van der Waals surface area contributed by atoms with E-state index in [1.54, 1.807) is 30.3 Å². The molecule has 19 heavy (non-hydrogen) atoms. The summed E-state index contributed by atoms with van der Waals surface area (Å²) in [6, 6.07) is 16.6. The molecule has 2 aromatic carbocycles. The van der Waals surface area contributed by atoms with Crippen molar-refractivity contribution in [1.82, 2.24) is 0 Å². The van der Waals surface area contributed by atoms with E-state index in [0.717, 1.165) is 5.56 Å². The van der Waals surface area contributed by atoms with Crippen molar-refractivity contribution in [3.05, 3.63) is 69.7 Å². The van der Waals surface area contributed by atoms with Crippen molar-refractivity contribution in [3.63, 3.8) is 0 Å². The van der Waals surface area contributed by atoms with Crippen LogP contribution in [0.1, 0.15) is 5.56 Å². The zero-order valence-electron chi connectivity index (χ0n) is 9.94. The normalized spacial score (nSPS) is 11.2. The van der Waals surface area contributed by atoms with Crippen molar-refractivity contribution >= 4 is 45.2 Å². The Bertz CT molecular complexity index is 611. The molecule has 2 aromatic rings. The highest BCUT2D eigenvalue weighted by molar-refractivity contribution is 9.12. The predicted octanol–water partition coefficient (Wildman–Crippen LogP) is 4.71. The standard InChI is InChI=1S/C15H11BrClNO/c16-14(9-11-5-2-1-3-6-11)15(19)18-13-8-4-7-12(17)10-13/h1-10H,(H,18,19). The second kappa shape index (κ2) is 6.55. The number of hydrogen-bond acceptors (Lipinski definition) is 1. The second-order valence-corrected chi connectivity index (χ2v) is 5.16. The number of carbonyl (C=O) groups excluding carboxylic acids is 1. The Morgan fingerprint density at radius 2 is 1.84 bits per heavy atom. The summed E-state index contributed by atoms with van der Waals surface area (Å²) < 4.78 is 0.457. The van der Waals surface area contributed by atoms with Gasteiger partial charge < -0.3 is 5.32 Å². The molecule has 0 spiro atoms. The minimum Gasteiger partial charge on any atom is -0.321 e. The maximum absolute atomic E-state index is 12.0. The Balaban J connectivity index is 2.10. The van der Waals surface area contributed by atoms with Crippen molar-refractivity contribution in [3.8, 4) is 0 Å². The van der Waals surface area contributed by atoms with Crippen molar-refractivity contribution in [2.45, 2.75) is 0 Å². The molecular formula is C15H11BrClNO. The van der Waals surface area contributed by atoms with Crippen LogP contribution in [0.5, 0.6) is 0 Å². The van der Waals surface area contributed by atoms with Crippen molar-refractivity contribution in [2.75, 3.05) is 5.32 Å². The van der Waals surface area contributed by atoms with Gasteiger partial charge in [-0.25, -0.2) is 0 Å². The summed E-state index contributed by atoms with van der Waals surface area (Å²) in [4.78, 5) is 12.0. The second-order valence-electron chi connectivity index (χ2n) is 3.87. The smallest absolute Gasteiger partial charge is 0.262 e. The van der Waals surface area contributed by atoms with E-state index in [2.05, 4.69) is 21.2 Å². The van der Waals surface area contributed by atoms with Crippen LogP contribution in [0.3, 0.4) is 0 Å². The minimum absolute atomic E-state index is 0.217. The van der Waals surface area contributed by atoms with Gasteiger partial charge in [-0.05, 0) is 45.8 Å². The molecule has 0 heterocycles. The fourth-order valence-corrected chi connectivity index (χ4v) is 2.07. The molecule has 4 heteroatoms. The van der Waals surface area contributed by atoms with Crippen LogP contribution < -0.4 is 5.32 Å². The van der Waals surface area contributed by atoms with Gasteiger partial charge in [0, 0.05) is 10.7 Å². The molecule has 2 nitrogen and oxygen atoms in total. The summed E-state index contributed by atoms with van der Waals surface area (Å²) in [5.74, 6) is -0.217. The van der Waals surface area contributed by atoms with Gasteiger partial charge in [0.15, 0.2) is 0 Å². The molecule has 0 fully saturated rings. The Kier molecular flexibility index (Phi) is 4.77. The maximum Gasteiger partial charge on any atom is 0.262 e. The first-order chi connectivity index (χ1) is 9.15. The van der Waals surface area contributed by atoms with Crippen LogP contribution in [-0.4, -0.2) is 5.91 Å². The molecule has 0 atom stereocenters. The van der Waals surface area contributed by atoms with Crippen LogP contribution in [0.15, 0.2) is 59.1 Å². The van der Waals surface area contributed by atoms with Gasteiger partial charge in [0.1, 0.15) is 0 Å². The number of halogens is 2. The summed E-state index contributed by atoms with van der Waals surface area (Å²) in [5, 5.41) is 3.35. The van der Waals surface area contributed by atoms with E-state index < -0.39 is 0 Å². The van der Waals surface area contributed by atoms with Crippen LogP contribution in [0, 0.1) is 0 Å². The van der Waals surface area contributed by atoms with E-state index in [9.17, 15) is 4.79 Å². The average Bonchev–Trinajstić information content (AvgIpc) is 2.40. The van der Waals surface area contributed by atoms with E-state index in [4.69, 9.17) is 11.6 Å². The largest absolute Gasteiger partial charge is 0.321 e. The summed E-state index contributed by atoms with van der Waals surface area (Å²) >= 11 is 9.13. The molecule has 0 saturated heterocycles. The van der Waals surface area contributed by atoms with Crippen LogP contribution in [0.25, 0.3) is 6.08 Å². The molecule has 1 amide bonds. The molecule has 0 aliphatic heterocycles. The van der Waals surface area contributed by atoms with E-state index in [-0.39, 0.29) is 5.91 Å². The Morgan fingerprint density at radius 1 is 1.11 bits per heavy atom. The molecule has 0 unspecified atom stereocenters. The first-order valence-electron chi connectivity index (χ1n) is 5.64. The van der Waals surface area contributed by atoms with Gasteiger partial charge in [0.2, 0.25) is 0 Å². The third-order valence-electron chi connectivity index (χ3n) is 2.39. The first kappa shape index (κ1) is 13.8. The van der Waals surface area contributed by atoms with E-state index in [1.165, 1.54) is 0 Å². The van der Waals surface area contributed by atoms with Crippen molar-refractivity contribution < 1.29 is 4.79 Å². The number of carbonyl (C=O) groups is 1. The van der Waals surface area contributed by atoms with Crippen molar-refractivity contribution in [1.29, 1.82) is 0 Å². The summed E-state index contributed by atoms with van der Waals surface area (Å²) in [5.41, 5.74) is 1.62. The maximum atomic E-state index is 12.0. The van der Waals surface area contributed by atoms with E-state index in [0.29, 0.717) is 15.2 Å². The monoisotopic (exact) mass is 335 g/mol. The molecule has 0 aliphatic rings. The van der Waals surface area contributed by atoms with Gasteiger partial charge in [-0.2, -0.15) is 0 Å². The third kappa shape index (κ3) is 4.23. The first-order valence-corrected chi connectivity index (χ1v) is 6.81. The predicted molar refractivity (Wildman–Crippen MR) is 83.4 cm³/mol. The fraction of sp³-hybridized carbons (Fsp3) is 0. The zero-order valence-corrected chi connectivity index (χ0v) is 12.3. The Hall–Kier alpha value is -1.58. The molecule has 1 N–H and O–H groups in total. The lowest BCUT2D eigenvalue weighted by molar-refractivity contribution is -0.112. The van der Waals surface area contributed by atoms with Crippen LogP contribution >= 0.6 is 27.5 Å². The quantitative estimate of drug-likeness (QED) is 0.808. The summed E-state index contributed by atoms with van der Waals surface area (Å²) in [7, 11) is 0. The SMILES string of the molecule is O=C(Nc1cccc(Cl)c1)C(Br)=Cc1ccccc1. The Labute approximate surface area is 125 Å². The highest BCUT2D eigenvalue weighted by Crippen LogP contribution is 2.18. The third-order valence-corrected chi connectivity index (χ3v) is 3.22. The number of hydrogen-bond donors (Lipinski definition) is 1. The topological polar surface area (TPSA) is 29.1 Å². The molecule has 2 rings (SSSR count). The zero-order chi connectivity index (χ0) is 13.7. The van der Waals surface area contributed by atoms with Gasteiger partial charge in [-0.3, -0.25) is 4.79 Å². The molecule has 0 aromatic heterocycles. The lowest BCUT2D eigenvalue weighted by atomic mass is 10.2. The Morgan fingerprint density at radius 3 is 2.53 bits per heavy atom. The molecule has 0 saturated carbocycles. The number of amides is 1. The summed E-state index contributed by atoms with van der Waals surface area (Å²) in [6.45, 7) is 0. The molecule has 0 aliphatic carbocycles. The number of anilines is 1. The lowest BCUT2D eigenvalue weighted by Crippen LogP contribution is -2.10. The van der Waals surface area contributed by atoms with Crippen LogP contribution in [-0.2, 0) is 4.79 Å². The number of benzene rings is 2. The summed E-state index contributed by atoms with van der Waals surface area (Å²) in [6.07, 6.45) is 1.76. The van der Waals surface area contributed by atoms with Crippen molar-refractivity contribution in [2.24, 2.45) is 0 Å². The van der Waals surface area contributed by atoms with Gasteiger partial charge in [-0.15, -0.1) is 0 Å². The van der Waals surface area contributed by atoms with Crippen LogP contribution in [0.4, 0.5) is 5.69 Å². The molecule has 0 radical (unpaired) electrons. The number of rotatable bonds is 3. The average molecular weight is 337 g/mol.